The zero-order valence-electron chi connectivity index (χ0n) is 23.4. The van der Waals surface area contributed by atoms with Gasteiger partial charge in [0.05, 0.1) is 28.0 Å². The van der Waals surface area contributed by atoms with Crippen molar-refractivity contribution in [2.24, 2.45) is 0 Å². The number of para-hydroxylation sites is 3. The molecular formula is C38H30N2O3. The Hall–Kier alpha value is -5.55. The van der Waals surface area contributed by atoms with E-state index < -0.39 is 11.4 Å². The molecule has 1 heterocycles. The van der Waals surface area contributed by atoms with Crippen LogP contribution in [0.1, 0.15) is 39.9 Å². The second-order valence-electron chi connectivity index (χ2n) is 10.8. The number of nitrogens with one attached hydrogen (secondary N) is 1. The number of nitrogens with zero attached hydrogens (tertiary/aromatic N) is 1. The number of phenols is 1. The summed E-state index contributed by atoms with van der Waals surface area (Å²) in [5, 5.41) is 23.7. The molecule has 1 aliphatic carbocycles. The van der Waals surface area contributed by atoms with Crippen LogP contribution >= 0.6 is 0 Å². The molecule has 5 heteroatoms. The first-order chi connectivity index (χ1) is 21.1. The van der Waals surface area contributed by atoms with Crippen LogP contribution in [-0.2, 0) is 5.41 Å². The van der Waals surface area contributed by atoms with Gasteiger partial charge in [-0.2, -0.15) is 0 Å². The fraction of sp³-hybridized carbons (Fsp3) is 0.0789. The minimum atomic E-state index is -1.05. The average molecular weight is 563 g/mol. The summed E-state index contributed by atoms with van der Waals surface area (Å²) in [5.41, 5.74) is 8.25. The maximum absolute atomic E-state index is 12.3. The molecule has 2 aliphatic rings. The van der Waals surface area contributed by atoms with Gasteiger partial charge in [-0.1, -0.05) is 97.1 Å². The van der Waals surface area contributed by atoms with Gasteiger partial charge in [0.15, 0.2) is 0 Å². The number of benzene rings is 5. The zero-order chi connectivity index (χ0) is 29.4. The highest BCUT2D eigenvalue weighted by Gasteiger charge is 2.47. The smallest absolute Gasteiger partial charge is 0.337 e. The van der Waals surface area contributed by atoms with Crippen LogP contribution in [0, 0.1) is 0 Å². The van der Waals surface area contributed by atoms with Crippen LogP contribution in [0.3, 0.4) is 0 Å². The molecule has 0 radical (unpaired) electrons. The average Bonchev–Trinajstić information content (AvgIpc) is 3.05. The molecule has 210 valence electrons. The highest BCUT2D eigenvalue weighted by molar-refractivity contribution is 5.97. The van der Waals surface area contributed by atoms with Gasteiger partial charge < -0.3 is 20.4 Å². The molecule has 43 heavy (non-hydrogen) atoms. The van der Waals surface area contributed by atoms with E-state index >= 15 is 0 Å². The van der Waals surface area contributed by atoms with Gasteiger partial charge in [0, 0.05) is 11.4 Å². The number of carboxylic acid groups (broad SMARTS) is 1. The Labute approximate surface area is 250 Å². The molecular weight excluding hydrogens is 532 g/mol. The van der Waals surface area contributed by atoms with Gasteiger partial charge in [-0.15, -0.1) is 0 Å². The van der Waals surface area contributed by atoms with Crippen molar-refractivity contribution >= 4 is 28.7 Å². The van der Waals surface area contributed by atoms with Crippen LogP contribution in [0.4, 0.5) is 22.7 Å². The monoisotopic (exact) mass is 562 g/mol. The Morgan fingerprint density at radius 1 is 0.744 bits per heavy atom. The molecule has 0 fully saturated rings. The fourth-order valence-corrected chi connectivity index (χ4v) is 6.68. The van der Waals surface area contributed by atoms with E-state index in [2.05, 4.69) is 107 Å². The Bertz CT molecular complexity index is 1850. The summed E-state index contributed by atoms with van der Waals surface area (Å²) < 4.78 is 0. The number of anilines is 4. The number of hydrogen-bond donors (Lipinski definition) is 3. The van der Waals surface area contributed by atoms with Crippen molar-refractivity contribution in [1.82, 2.24) is 0 Å². The summed E-state index contributed by atoms with van der Waals surface area (Å²) in [5.74, 6) is -1.00. The zero-order valence-corrected chi connectivity index (χ0v) is 23.4. The van der Waals surface area contributed by atoms with Crippen LogP contribution in [0.15, 0.2) is 151 Å². The normalized spacial score (nSPS) is 15.0. The molecule has 3 N–H and O–H groups in total. The summed E-state index contributed by atoms with van der Waals surface area (Å²) in [7, 11) is 0. The minimum Gasteiger partial charge on any atom is -0.506 e. The summed E-state index contributed by atoms with van der Waals surface area (Å²) in [4.78, 5) is 14.5. The van der Waals surface area contributed by atoms with Crippen LogP contribution in [0.2, 0.25) is 0 Å². The first kappa shape index (κ1) is 26.4. The lowest BCUT2D eigenvalue weighted by Gasteiger charge is -2.48. The topological polar surface area (TPSA) is 72.8 Å². The third kappa shape index (κ3) is 4.29. The molecule has 0 saturated heterocycles. The summed E-state index contributed by atoms with van der Waals surface area (Å²) >= 11 is 0. The summed E-state index contributed by atoms with van der Waals surface area (Å²) in [6.45, 7) is 0. The molecule has 0 atom stereocenters. The number of aromatic hydroxyl groups is 1. The first-order valence-electron chi connectivity index (χ1n) is 14.4. The number of hydrogen-bond acceptors (Lipinski definition) is 4. The fourth-order valence-electron chi connectivity index (χ4n) is 6.68. The van der Waals surface area contributed by atoms with Crippen molar-refractivity contribution in [3.63, 3.8) is 0 Å². The van der Waals surface area contributed by atoms with Gasteiger partial charge in [-0.3, -0.25) is 0 Å². The number of carbonyl (C=O) groups is 1. The molecule has 0 aromatic heterocycles. The SMILES string of the molecule is O=C(O)c1ccc(N2C3=C(CCC=C3)C(c3ccccc3)(c3ccccc3)c3ccccc32)cc1Nc1ccccc1O. The summed E-state index contributed by atoms with van der Waals surface area (Å²) in [6, 6.07) is 42.1. The lowest BCUT2D eigenvalue weighted by Crippen LogP contribution is -2.40. The lowest BCUT2D eigenvalue weighted by molar-refractivity contribution is 0.0698. The number of phenolic OH excluding ortho intramolecular Hbond substituents is 1. The van der Waals surface area contributed by atoms with Crippen molar-refractivity contribution in [2.75, 3.05) is 10.2 Å². The first-order valence-corrected chi connectivity index (χ1v) is 14.4. The van der Waals surface area contributed by atoms with Crippen LogP contribution in [0.25, 0.3) is 0 Å². The van der Waals surface area contributed by atoms with Crippen LogP contribution in [0.5, 0.6) is 5.75 Å². The van der Waals surface area contributed by atoms with E-state index in [4.69, 9.17) is 0 Å². The lowest BCUT2D eigenvalue weighted by atomic mass is 9.60. The van der Waals surface area contributed by atoms with E-state index in [-0.39, 0.29) is 11.3 Å². The Morgan fingerprint density at radius 3 is 2.09 bits per heavy atom. The largest absolute Gasteiger partial charge is 0.506 e. The van der Waals surface area contributed by atoms with Crippen molar-refractivity contribution in [2.45, 2.75) is 18.3 Å². The predicted octanol–water partition coefficient (Wildman–Crippen LogP) is 8.92. The van der Waals surface area contributed by atoms with E-state index in [9.17, 15) is 15.0 Å². The number of allylic oxidation sites excluding steroid dienone is 3. The van der Waals surface area contributed by atoms with Crippen molar-refractivity contribution in [1.29, 1.82) is 0 Å². The van der Waals surface area contributed by atoms with Gasteiger partial charge in [0.1, 0.15) is 5.75 Å². The van der Waals surface area contributed by atoms with E-state index in [0.717, 1.165) is 29.9 Å². The second kappa shape index (κ2) is 10.7. The number of rotatable bonds is 6. The molecule has 5 nitrogen and oxygen atoms in total. The van der Waals surface area contributed by atoms with Crippen LogP contribution < -0.4 is 10.2 Å². The maximum Gasteiger partial charge on any atom is 0.337 e. The van der Waals surface area contributed by atoms with Crippen molar-refractivity contribution in [3.05, 3.63) is 173 Å². The van der Waals surface area contributed by atoms with E-state index in [0.29, 0.717) is 11.4 Å². The van der Waals surface area contributed by atoms with Crippen molar-refractivity contribution < 1.29 is 15.0 Å². The highest BCUT2D eigenvalue weighted by Crippen LogP contribution is 2.57. The maximum atomic E-state index is 12.3. The Morgan fingerprint density at radius 2 is 1.40 bits per heavy atom. The number of fused-ring (bicyclic) bond motifs is 1. The minimum absolute atomic E-state index is 0.0447. The molecule has 5 aromatic carbocycles. The number of aromatic carboxylic acids is 1. The Balaban J connectivity index is 1.50. The number of carboxylic acids is 1. The van der Waals surface area contributed by atoms with Crippen molar-refractivity contribution in [3.8, 4) is 5.75 Å². The molecule has 1 aliphatic heterocycles. The quantitative estimate of drug-likeness (QED) is 0.180. The van der Waals surface area contributed by atoms with E-state index in [1.807, 2.05) is 12.1 Å². The van der Waals surface area contributed by atoms with E-state index in [1.54, 1.807) is 30.3 Å². The molecule has 0 spiro atoms. The molecule has 0 amide bonds. The molecule has 7 rings (SSSR count). The third-order valence-electron chi connectivity index (χ3n) is 8.47. The molecule has 5 aromatic rings. The summed E-state index contributed by atoms with van der Waals surface area (Å²) in [6.07, 6.45) is 6.22. The van der Waals surface area contributed by atoms with Gasteiger partial charge in [-0.05, 0) is 77.6 Å². The molecule has 0 saturated carbocycles. The third-order valence-corrected chi connectivity index (χ3v) is 8.47. The second-order valence-corrected chi connectivity index (χ2v) is 10.8. The van der Waals surface area contributed by atoms with Gasteiger partial charge >= 0.3 is 5.97 Å². The van der Waals surface area contributed by atoms with E-state index in [1.165, 1.54) is 22.3 Å². The van der Waals surface area contributed by atoms with Gasteiger partial charge in [-0.25, -0.2) is 4.79 Å². The molecule has 0 unspecified atom stereocenters. The van der Waals surface area contributed by atoms with Crippen LogP contribution in [-0.4, -0.2) is 16.2 Å². The standard InChI is InChI=1S/C38H30N2O3/c41-36-22-12-9-19-32(36)39-33-25-28(23-24-29(33)37(42)43)40-34-20-10-7-17-30(34)38(26-13-3-1-4-14-26,27-15-5-2-6-16-27)31-18-8-11-21-35(31)40/h1-7,9-17,19-25,39,41H,8,18H2,(H,42,43). The Kier molecular flexibility index (Phi) is 6.55. The van der Waals surface area contributed by atoms with Gasteiger partial charge in [0.25, 0.3) is 0 Å². The predicted molar refractivity (Wildman–Crippen MR) is 172 cm³/mol. The van der Waals surface area contributed by atoms with Gasteiger partial charge in [0.2, 0.25) is 0 Å². The molecule has 0 bridgehead atoms. The highest BCUT2D eigenvalue weighted by atomic mass is 16.4.